The number of hydrogen-bond acceptors (Lipinski definition) is 7. The summed E-state index contributed by atoms with van der Waals surface area (Å²) in [4.78, 5) is 12.8. The number of anilines is 3. The maximum absolute atomic E-state index is 11.7. The van der Waals surface area contributed by atoms with Crippen LogP contribution in [0.3, 0.4) is 0 Å². The summed E-state index contributed by atoms with van der Waals surface area (Å²) >= 11 is 0. The Kier molecular flexibility index (Phi) is 7.08. The lowest BCUT2D eigenvalue weighted by atomic mass is 10.4. The smallest absolute Gasteiger partial charge is 0.211 e. The van der Waals surface area contributed by atoms with Crippen LogP contribution in [0.1, 0.15) is 25.6 Å². The molecule has 2 aromatic heterocycles. The van der Waals surface area contributed by atoms with Crippen molar-refractivity contribution in [3.05, 3.63) is 36.3 Å². The minimum absolute atomic E-state index is 0.161. The van der Waals surface area contributed by atoms with E-state index in [1.165, 1.54) is 0 Å². The monoisotopic (exact) mass is 364 g/mol. The third kappa shape index (κ3) is 7.02. The number of rotatable bonds is 10. The van der Waals surface area contributed by atoms with Crippen LogP contribution in [0.5, 0.6) is 0 Å². The molecule has 3 N–H and O–H groups in total. The molecule has 0 aromatic carbocycles. The van der Waals surface area contributed by atoms with Crippen LogP contribution < -0.4 is 15.4 Å². The molecular formula is C16H24N6O2S. The second-order valence-corrected chi connectivity index (χ2v) is 7.45. The third-order valence-electron chi connectivity index (χ3n) is 3.28. The largest absolute Gasteiger partial charge is 0.369 e. The van der Waals surface area contributed by atoms with E-state index in [4.69, 9.17) is 0 Å². The van der Waals surface area contributed by atoms with Gasteiger partial charge in [-0.25, -0.2) is 28.1 Å². The molecule has 2 heterocycles. The summed E-state index contributed by atoms with van der Waals surface area (Å²) in [6, 6.07) is 7.32. The van der Waals surface area contributed by atoms with Gasteiger partial charge in [-0.3, -0.25) is 0 Å². The SMILES string of the molecule is CCCCS(=O)(=O)NCCNc1cc(Nc2ccccn2)nc(C)n1. The van der Waals surface area contributed by atoms with Crippen molar-refractivity contribution < 1.29 is 8.42 Å². The Morgan fingerprint density at radius 1 is 1.08 bits per heavy atom. The van der Waals surface area contributed by atoms with Gasteiger partial charge in [0.15, 0.2) is 0 Å². The highest BCUT2D eigenvalue weighted by atomic mass is 32.2. The zero-order valence-corrected chi connectivity index (χ0v) is 15.3. The Bertz CT molecular complexity index is 767. The highest BCUT2D eigenvalue weighted by Gasteiger charge is 2.08. The molecule has 0 saturated carbocycles. The van der Waals surface area contributed by atoms with Crippen LogP contribution in [-0.2, 0) is 10.0 Å². The van der Waals surface area contributed by atoms with Crippen LogP contribution in [0.25, 0.3) is 0 Å². The molecule has 9 heteroatoms. The van der Waals surface area contributed by atoms with E-state index in [2.05, 4.69) is 30.3 Å². The Balaban J connectivity index is 1.88. The fourth-order valence-corrected chi connectivity index (χ4v) is 3.32. The van der Waals surface area contributed by atoms with E-state index in [1.807, 2.05) is 25.1 Å². The van der Waals surface area contributed by atoms with E-state index in [-0.39, 0.29) is 5.75 Å². The predicted molar refractivity (Wildman–Crippen MR) is 99.5 cm³/mol. The Labute approximate surface area is 148 Å². The fraction of sp³-hybridized carbons (Fsp3) is 0.438. The summed E-state index contributed by atoms with van der Waals surface area (Å²) < 4.78 is 26.0. The van der Waals surface area contributed by atoms with Crippen LogP contribution in [0.4, 0.5) is 17.5 Å². The van der Waals surface area contributed by atoms with Gasteiger partial charge in [-0.1, -0.05) is 19.4 Å². The number of aromatic nitrogens is 3. The lowest BCUT2D eigenvalue weighted by Crippen LogP contribution is -2.31. The second kappa shape index (κ2) is 9.28. The van der Waals surface area contributed by atoms with Crippen molar-refractivity contribution in [1.29, 1.82) is 0 Å². The first-order valence-electron chi connectivity index (χ1n) is 8.23. The van der Waals surface area contributed by atoms with Gasteiger partial charge in [0.25, 0.3) is 0 Å². The van der Waals surface area contributed by atoms with Crippen molar-refractivity contribution in [2.24, 2.45) is 0 Å². The molecule has 0 spiro atoms. The third-order valence-corrected chi connectivity index (χ3v) is 4.75. The molecule has 8 nitrogen and oxygen atoms in total. The Morgan fingerprint density at radius 3 is 2.60 bits per heavy atom. The molecule has 0 atom stereocenters. The summed E-state index contributed by atoms with van der Waals surface area (Å²) in [7, 11) is -3.20. The number of aryl methyl sites for hydroxylation is 1. The molecule has 25 heavy (non-hydrogen) atoms. The Morgan fingerprint density at radius 2 is 1.88 bits per heavy atom. The molecule has 0 aliphatic heterocycles. The molecular weight excluding hydrogens is 340 g/mol. The van der Waals surface area contributed by atoms with Crippen molar-refractivity contribution in [3.63, 3.8) is 0 Å². The molecule has 0 aliphatic rings. The van der Waals surface area contributed by atoms with E-state index in [9.17, 15) is 8.42 Å². The molecule has 2 aromatic rings. The number of pyridine rings is 1. The highest BCUT2D eigenvalue weighted by Crippen LogP contribution is 2.15. The number of unbranched alkanes of at least 4 members (excludes halogenated alkanes) is 1. The van der Waals surface area contributed by atoms with E-state index in [1.54, 1.807) is 19.2 Å². The molecule has 0 unspecified atom stereocenters. The van der Waals surface area contributed by atoms with Gasteiger partial charge in [0.05, 0.1) is 5.75 Å². The molecule has 0 saturated heterocycles. The predicted octanol–water partition coefficient (Wildman–Crippen LogP) is 2.06. The van der Waals surface area contributed by atoms with Gasteiger partial charge in [-0.2, -0.15) is 0 Å². The average Bonchev–Trinajstić information content (AvgIpc) is 2.57. The summed E-state index contributed by atoms with van der Waals surface area (Å²) in [6.07, 6.45) is 3.21. The van der Waals surface area contributed by atoms with E-state index in [0.29, 0.717) is 42.8 Å². The molecule has 136 valence electrons. The van der Waals surface area contributed by atoms with Crippen molar-refractivity contribution in [2.75, 3.05) is 29.5 Å². The van der Waals surface area contributed by atoms with Gasteiger partial charge in [0.1, 0.15) is 23.3 Å². The van der Waals surface area contributed by atoms with E-state index >= 15 is 0 Å². The lowest BCUT2D eigenvalue weighted by molar-refractivity contribution is 0.579. The number of nitrogens with one attached hydrogen (secondary N) is 3. The molecule has 2 rings (SSSR count). The molecule has 0 bridgehead atoms. The van der Waals surface area contributed by atoms with Crippen LogP contribution in [0.15, 0.2) is 30.5 Å². The van der Waals surface area contributed by atoms with Gasteiger partial charge in [0.2, 0.25) is 10.0 Å². The highest BCUT2D eigenvalue weighted by molar-refractivity contribution is 7.89. The van der Waals surface area contributed by atoms with Gasteiger partial charge in [-0.15, -0.1) is 0 Å². The average molecular weight is 364 g/mol. The zero-order chi connectivity index (χ0) is 18.1. The fourth-order valence-electron chi connectivity index (χ4n) is 2.09. The van der Waals surface area contributed by atoms with Crippen molar-refractivity contribution in [3.8, 4) is 0 Å². The molecule has 0 amide bonds. The maximum Gasteiger partial charge on any atom is 0.211 e. The van der Waals surface area contributed by atoms with Gasteiger partial charge in [0, 0.05) is 25.4 Å². The molecule has 0 radical (unpaired) electrons. The van der Waals surface area contributed by atoms with Gasteiger partial charge >= 0.3 is 0 Å². The van der Waals surface area contributed by atoms with Crippen molar-refractivity contribution >= 4 is 27.5 Å². The van der Waals surface area contributed by atoms with E-state index < -0.39 is 10.0 Å². The first-order valence-corrected chi connectivity index (χ1v) is 9.88. The summed E-state index contributed by atoms with van der Waals surface area (Å²) in [5.41, 5.74) is 0. The first-order chi connectivity index (χ1) is 12.0. The van der Waals surface area contributed by atoms with Gasteiger partial charge in [-0.05, 0) is 25.5 Å². The molecule has 0 aliphatic carbocycles. The van der Waals surface area contributed by atoms with Crippen LogP contribution in [0, 0.1) is 6.92 Å². The van der Waals surface area contributed by atoms with Crippen LogP contribution >= 0.6 is 0 Å². The number of hydrogen-bond donors (Lipinski definition) is 3. The topological polar surface area (TPSA) is 109 Å². The second-order valence-electron chi connectivity index (χ2n) is 5.52. The normalized spacial score (nSPS) is 11.3. The zero-order valence-electron chi connectivity index (χ0n) is 14.5. The standard InChI is InChI=1S/C16H24N6O2S/c1-3-4-11-25(23,24)19-10-9-18-15-12-16(21-13(2)20-15)22-14-7-5-6-8-17-14/h5-8,12,19H,3-4,9-11H2,1-2H3,(H2,17,18,20,21,22). The lowest BCUT2D eigenvalue weighted by Gasteiger charge is -2.10. The first kappa shape index (κ1) is 19.1. The summed E-state index contributed by atoms with van der Waals surface area (Å²) in [6.45, 7) is 4.50. The summed E-state index contributed by atoms with van der Waals surface area (Å²) in [5, 5.41) is 6.21. The quantitative estimate of drug-likeness (QED) is 0.554. The summed E-state index contributed by atoms with van der Waals surface area (Å²) in [5.74, 6) is 2.70. The van der Waals surface area contributed by atoms with Crippen LogP contribution in [0.2, 0.25) is 0 Å². The van der Waals surface area contributed by atoms with Gasteiger partial charge < -0.3 is 10.6 Å². The molecule has 0 fully saturated rings. The Hall–Kier alpha value is -2.26. The van der Waals surface area contributed by atoms with Crippen LogP contribution in [-0.4, -0.2) is 42.2 Å². The van der Waals surface area contributed by atoms with Crippen molar-refractivity contribution in [2.45, 2.75) is 26.7 Å². The number of sulfonamides is 1. The minimum Gasteiger partial charge on any atom is -0.369 e. The van der Waals surface area contributed by atoms with Crippen molar-refractivity contribution in [1.82, 2.24) is 19.7 Å². The minimum atomic E-state index is -3.20. The number of nitrogens with zero attached hydrogens (tertiary/aromatic N) is 3. The van der Waals surface area contributed by atoms with E-state index in [0.717, 1.165) is 6.42 Å². The maximum atomic E-state index is 11.7.